The van der Waals surface area contributed by atoms with Crippen molar-refractivity contribution in [1.82, 2.24) is 5.32 Å². The van der Waals surface area contributed by atoms with Crippen molar-refractivity contribution in [3.8, 4) is 0 Å². The van der Waals surface area contributed by atoms with E-state index in [-0.39, 0.29) is 12.0 Å². The highest BCUT2D eigenvalue weighted by molar-refractivity contribution is 5.75. The van der Waals surface area contributed by atoms with Crippen molar-refractivity contribution in [3.63, 3.8) is 0 Å². The predicted octanol–water partition coefficient (Wildman–Crippen LogP) is 3.52. The molecule has 1 unspecified atom stereocenters. The molecule has 0 heterocycles. The summed E-state index contributed by atoms with van der Waals surface area (Å²) in [6.45, 7) is 7.02. The summed E-state index contributed by atoms with van der Waals surface area (Å²) in [6, 6.07) is -0.148. The minimum Gasteiger partial charge on any atom is -0.465 e. The molecule has 108 valence electrons. The molecule has 1 atom stereocenters. The van der Waals surface area contributed by atoms with Crippen LogP contribution in [0.15, 0.2) is 0 Å². The van der Waals surface area contributed by atoms with Gasteiger partial charge in [0.1, 0.15) is 6.04 Å². The minimum atomic E-state index is -0.148. The van der Waals surface area contributed by atoms with E-state index >= 15 is 0 Å². The first-order valence-electron chi connectivity index (χ1n) is 7.45. The topological polar surface area (TPSA) is 38.3 Å². The smallest absolute Gasteiger partial charge is 0.323 e. The number of nitrogens with one attached hydrogen (secondary N) is 1. The first-order chi connectivity index (χ1) is 8.61. The Morgan fingerprint density at radius 3 is 2.28 bits per heavy atom. The van der Waals surface area contributed by atoms with Crippen molar-refractivity contribution in [3.05, 3.63) is 0 Å². The molecule has 0 rings (SSSR count). The van der Waals surface area contributed by atoms with Crippen LogP contribution in [0.4, 0.5) is 0 Å². The lowest BCUT2D eigenvalue weighted by molar-refractivity contribution is -0.146. The van der Waals surface area contributed by atoms with Crippen LogP contribution in [-0.4, -0.2) is 25.7 Å². The van der Waals surface area contributed by atoms with Crippen LogP contribution < -0.4 is 5.32 Å². The van der Waals surface area contributed by atoms with Gasteiger partial charge in [0, 0.05) is 0 Å². The standard InChI is InChI=1S/C15H31NO2/c1-5-6-7-8-9-10-11-18-15(17)14(16-4)12-13(2)3/h13-14,16H,5-12H2,1-4H3. The molecular weight excluding hydrogens is 226 g/mol. The molecule has 3 nitrogen and oxygen atoms in total. The summed E-state index contributed by atoms with van der Waals surface area (Å²) in [5, 5.41) is 3.03. The second kappa shape index (κ2) is 11.5. The molecule has 3 heteroatoms. The molecule has 0 aromatic carbocycles. The number of esters is 1. The number of unbranched alkanes of at least 4 members (excludes halogenated alkanes) is 5. The second-order valence-corrected chi connectivity index (χ2v) is 5.41. The van der Waals surface area contributed by atoms with Gasteiger partial charge < -0.3 is 10.1 Å². The Labute approximate surface area is 113 Å². The third kappa shape index (κ3) is 9.46. The quantitative estimate of drug-likeness (QED) is 0.454. The summed E-state index contributed by atoms with van der Waals surface area (Å²) in [5.41, 5.74) is 0. The van der Waals surface area contributed by atoms with Gasteiger partial charge in [0.2, 0.25) is 0 Å². The lowest BCUT2D eigenvalue weighted by atomic mass is 10.0. The Bertz CT molecular complexity index is 205. The first kappa shape index (κ1) is 17.4. The zero-order chi connectivity index (χ0) is 13.8. The molecule has 0 aromatic rings. The number of hydrogen-bond acceptors (Lipinski definition) is 3. The molecule has 18 heavy (non-hydrogen) atoms. The van der Waals surface area contributed by atoms with E-state index in [1.165, 1.54) is 32.1 Å². The lowest BCUT2D eigenvalue weighted by Gasteiger charge is -2.17. The molecule has 0 fully saturated rings. The van der Waals surface area contributed by atoms with Gasteiger partial charge in [-0.1, -0.05) is 52.9 Å². The summed E-state index contributed by atoms with van der Waals surface area (Å²) in [6.07, 6.45) is 8.15. The van der Waals surface area contributed by atoms with Crippen molar-refractivity contribution < 1.29 is 9.53 Å². The summed E-state index contributed by atoms with van der Waals surface area (Å²) in [5.74, 6) is 0.406. The zero-order valence-corrected chi connectivity index (χ0v) is 12.6. The molecule has 0 saturated carbocycles. The average molecular weight is 257 g/mol. The molecule has 0 saturated heterocycles. The maximum Gasteiger partial charge on any atom is 0.323 e. The van der Waals surface area contributed by atoms with Crippen molar-refractivity contribution >= 4 is 5.97 Å². The summed E-state index contributed by atoms with van der Waals surface area (Å²) < 4.78 is 5.30. The fourth-order valence-corrected chi connectivity index (χ4v) is 1.96. The zero-order valence-electron chi connectivity index (χ0n) is 12.6. The van der Waals surface area contributed by atoms with E-state index in [1.54, 1.807) is 0 Å². The molecule has 0 aromatic heterocycles. The number of ether oxygens (including phenoxy) is 1. The molecule has 0 bridgehead atoms. The van der Waals surface area contributed by atoms with Gasteiger partial charge in [0.25, 0.3) is 0 Å². The van der Waals surface area contributed by atoms with Gasteiger partial charge in [0.05, 0.1) is 6.61 Å². The maximum atomic E-state index is 11.8. The molecule has 0 aliphatic carbocycles. The molecule has 0 amide bonds. The molecule has 0 radical (unpaired) electrons. The number of hydrogen-bond donors (Lipinski definition) is 1. The maximum absolute atomic E-state index is 11.8. The average Bonchev–Trinajstić information content (AvgIpc) is 2.34. The number of likely N-dealkylation sites (N-methyl/N-ethyl adjacent to an activating group) is 1. The Balaban J connectivity index is 3.56. The van der Waals surface area contributed by atoms with Gasteiger partial charge in [-0.25, -0.2) is 0 Å². The van der Waals surface area contributed by atoms with Crippen molar-refractivity contribution in [2.75, 3.05) is 13.7 Å². The first-order valence-corrected chi connectivity index (χ1v) is 7.45. The Hall–Kier alpha value is -0.570. The minimum absolute atomic E-state index is 0.0974. The number of carbonyl (C=O) groups is 1. The fourth-order valence-electron chi connectivity index (χ4n) is 1.96. The van der Waals surface area contributed by atoms with Gasteiger partial charge in [-0.3, -0.25) is 4.79 Å². The van der Waals surface area contributed by atoms with Crippen molar-refractivity contribution in [1.29, 1.82) is 0 Å². The van der Waals surface area contributed by atoms with Crippen LogP contribution in [0.5, 0.6) is 0 Å². The molecule has 1 N–H and O–H groups in total. The number of carbonyl (C=O) groups excluding carboxylic acids is 1. The van der Waals surface area contributed by atoms with Gasteiger partial charge in [-0.05, 0) is 25.8 Å². The Morgan fingerprint density at radius 2 is 1.72 bits per heavy atom. The van der Waals surface area contributed by atoms with Gasteiger partial charge in [-0.2, -0.15) is 0 Å². The van der Waals surface area contributed by atoms with Gasteiger partial charge in [0.15, 0.2) is 0 Å². The van der Waals surface area contributed by atoms with Crippen LogP contribution in [0.25, 0.3) is 0 Å². The summed E-state index contributed by atoms with van der Waals surface area (Å²) in [7, 11) is 1.82. The fraction of sp³-hybridized carbons (Fsp3) is 0.933. The summed E-state index contributed by atoms with van der Waals surface area (Å²) in [4.78, 5) is 11.8. The van der Waals surface area contributed by atoms with E-state index in [9.17, 15) is 4.79 Å². The lowest BCUT2D eigenvalue weighted by Crippen LogP contribution is -2.36. The third-order valence-corrected chi connectivity index (χ3v) is 3.08. The van der Waals surface area contributed by atoms with Crippen LogP contribution >= 0.6 is 0 Å². The Kier molecular flexibility index (Phi) is 11.2. The van der Waals surface area contributed by atoms with Gasteiger partial charge >= 0.3 is 5.97 Å². The van der Waals surface area contributed by atoms with E-state index in [1.807, 2.05) is 7.05 Å². The second-order valence-electron chi connectivity index (χ2n) is 5.41. The van der Waals surface area contributed by atoms with Crippen molar-refractivity contribution in [2.24, 2.45) is 5.92 Å². The van der Waals surface area contributed by atoms with Crippen LogP contribution in [0.3, 0.4) is 0 Å². The predicted molar refractivity (Wildman–Crippen MR) is 76.6 cm³/mol. The summed E-state index contributed by atoms with van der Waals surface area (Å²) >= 11 is 0. The highest BCUT2D eigenvalue weighted by Crippen LogP contribution is 2.08. The van der Waals surface area contributed by atoms with Crippen LogP contribution in [0.1, 0.15) is 65.7 Å². The van der Waals surface area contributed by atoms with Crippen LogP contribution in [0, 0.1) is 5.92 Å². The van der Waals surface area contributed by atoms with E-state index in [4.69, 9.17) is 4.74 Å². The molecule has 0 spiro atoms. The van der Waals surface area contributed by atoms with E-state index in [2.05, 4.69) is 26.1 Å². The van der Waals surface area contributed by atoms with Crippen LogP contribution in [0.2, 0.25) is 0 Å². The highest BCUT2D eigenvalue weighted by Gasteiger charge is 2.18. The molecule has 0 aliphatic heterocycles. The van der Waals surface area contributed by atoms with E-state index in [0.717, 1.165) is 12.8 Å². The largest absolute Gasteiger partial charge is 0.465 e. The van der Waals surface area contributed by atoms with Gasteiger partial charge in [-0.15, -0.1) is 0 Å². The normalized spacial score (nSPS) is 12.7. The highest BCUT2D eigenvalue weighted by atomic mass is 16.5. The monoisotopic (exact) mass is 257 g/mol. The Morgan fingerprint density at radius 1 is 1.11 bits per heavy atom. The SMILES string of the molecule is CCCCCCCCOC(=O)C(CC(C)C)NC. The third-order valence-electron chi connectivity index (χ3n) is 3.08. The van der Waals surface area contributed by atoms with E-state index < -0.39 is 0 Å². The van der Waals surface area contributed by atoms with E-state index in [0.29, 0.717) is 12.5 Å². The molecule has 0 aliphatic rings. The number of rotatable bonds is 11. The molecular formula is C15H31NO2. The van der Waals surface area contributed by atoms with Crippen LogP contribution in [-0.2, 0) is 9.53 Å². The van der Waals surface area contributed by atoms with Crippen molar-refractivity contribution in [2.45, 2.75) is 71.8 Å².